The summed E-state index contributed by atoms with van der Waals surface area (Å²) in [7, 11) is 0. The zero-order chi connectivity index (χ0) is 36.9. The van der Waals surface area contributed by atoms with Gasteiger partial charge in [0, 0.05) is 43.2 Å². The molecule has 0 spiro atoms. The Kier molecular flexibility index (Phi) is 12.0. The summed E-state index contributed by atoms with van der Waals surface area (Å²) >= 11 is 0. The molecule has 3 aromatic rings. The van der Waals surface area contributed by atoms with Crippen LogP contribution in [0.15, 0.2) is 84.9 Å². The van der Waals surface area contributed by atoms with E-state index in [-0.39, 0.29) is 36.8 Å². The van der Waals surface area contributed by atoms with Crippen LogP contribution in [0.1, 0.15) is 87.5 Å². The van der Waals surface area contributed by atoms with E-state index in [0.29, 0.717) is 6.61 Å². The number of nitrogens with one attached hydrogen (secondary N) is 1. The maximum Gasteiger partial charge on any atom is 0.416 e. The maximum absolute atomic E-state index is 14.4. The standard InChI is InChI=1S/C41H51F3N2O5/c1-4-39(36(47)48)29(2)45-30(3)40(37(49)50,35(39)33-19-11-12-20-34(33)41(42,43)44)21-13-27-51-28-14-24-46-25-22-38(23-26-46,31-15-7-5-8-16-31)32-17-9-6-10-18-32/h5-12,15-20,29-30,35,45H,4,13-14,21-28H2,1-3H3,(H,47,48)(H,49,50)/t29-,30?,35?,39?,40?/m1/s1. The number of hydrogen-bond donors (Lipinski definition) is 3. The van der Waals surface area contributed by atoms with Crippen molar-refractivity contribution in [1.29, 1.82) is 0 Å². The number of piperidine rings is 2. The van der Waals surface area contributed by atoms with Crippen LogP contribution in [-0.4, -0.2) is 72.0 Å². The normalized spacial score (nSPS) is 26.8. The molecule has 2 fully saturated rings. The third kappa shape index (κ3) is 7.32. The highest BCUT2D eigenvalue weighted by molar-refractivity contribution is 5.84. The molecule has 3 N–H and O–H groups in total. The minimum Gasteiger partial charge on any atom is -0.481 e. The van der Waals surface area contributed by atoms with Crippen LogP contribution in [-0.2, 0) is 25.9 Å². The van der Waals surface area contributed by atoms with Crippen LogP contribution >= 0.6 is 0 Å². The summed E-state index contributed by atoms with van der Waals surface area (Å²) in [6.45, 7) is 8.27. The number of likely N-dealkylation sites (tertiary alicyclic amines) is 1. The van der Waals surface area contributed by atoms with Gasteiger partial charge in [0.1, 0.15) is 0 Å². The third-order valence-corrected chi connectivity index (χ3v) is 12.0. The van der Waals surface area contributed by atoms with Crippen molar-refractivity contribution >= 4 is 11.9 Å². The molecule has 2 aliphatic heterocycles. The molecule has 0 aromatic heterocycles. The van der Waals surface area contributed by atoms with E-state index in [1.165, 1.54) is 29.3 Å². The van der Waals surface area contributed by atoms with E-state index in [9.17, 15) is 33.0 Å². The van der Waals surface area contributed by atoms with Gasteiger partial charge in [-0.15, -0.1) is 0 Å². The monoisotopic (exact) mass is 708 g/mol. The van der Waals surface area contributed by atoms with Gasteiger partial charge in [-0.25, -0.2) is 0 Å². The van der Waals surface area contributed by atoms with Gasteiger partial charge >= 0.3 is 18.1 Å². The number of aliphatic carboxylic acids is 2. The molecule has 2 aliphatic rings. The average molecular weight is 709 g/mol. The van der Waals surface area contributed by atoms with Gasteiger partial charge in [0.05, 0.1) is 16.4 Å². The van der Waals surface area contributed by atoms with Gasteiger partial charge in [-0.2, -0.15) is 13.2 Å². The number of carboxylic acid groups (broad SMARTS) is 2. The smallest absolute Gasteiger partial charge is 0.416 e. The van der Waals surface area contributed by atoms with Crippen molar-refractivity contribution in [1.82, 2.24) is 10.2 Å². The van der Waals surface area contributed by atoms with Crippen molar-refractivity contribution in [3.8, 4) is 0 Å². The summed E-state index contributed by atoms with van der Waals surface area (Å²) < 4.78 is 49.3. The lowest BCUT2D eigenvalue weighted by atomic mass is 9.49. The Balaban J connectivity index is 1.24. The van der Waals surface area contributed by atoms with Crippen LogP contribution < -0.4 is 5.32 Å². The number of halogens is 3. The molecule has 5 atom stereocenters. The molecular formula is C41H51F3N2O5. The number of hydrogen-bond acceptors (Lipinski definition) is 5. The van der Waals surface area contributed by atoms with Gasteiger partial charge in [-0.1, -0.05) is 85.8 Å². The summed E-state index contributed by atoms with van der Waals surface area (Å²) in [5, 5.41) is 24.7. The fourth-order valence-electron chi connectivity index (χ4n) is 9.32. The fourth-order valence-corrected chi connectivity index (χ4v) is 9.32. The van der Waals surface area contributed by atoms with Crippen LogP contribution in [0.25, 0.3) is 0 Å². The van der Waals surface area contributed by atoms with E-state index in [0.717, 1.165) is 45.0 Å². The van der Waals surface area contributed by atoms with Gasteiger partial charge in [0.25, 0.3) is 0 Å². The molecule has 10 heteroatoms. The molecule has 276 valence electrons. The maximum atomic E-state index is 14.4. The molecule has 3 aromatic carbocycles. The molecule has 0 radical (unpaired) electrons. The highest BCUT2D eigenvalue weighted by Crippen LogP contribution is 2.60. The second kappa shape index (κ2) is 15.9. The fraction of sp³-hybridized carbons (Fsp3) is 0.512. The van der Waals surface area contributed by atoms with Gasteiger partial charge in [-0.05, 0) is 88.2 Å². The molecule has 5 rings (SSSR count). The van der Waals surface area contributed by atoms with E-state index >= 15 is 0 Å². The molecule has 4 unspecified atom stereocenters. The van der Waals surface area contributed by atoms with Crippen LogP contribution in [0.2, 0.25) is 0 Å². The summed E-state index contributed by atoms with van der Waals surface area (Å²) in [6, 6.07) is 24.6. The lowest BCUT2D eigenvalue weighted by Gasteiger charge is -2.57. The third-order valence-electron chi connectivity index (χ3n) is 12.0. The number of benzene rings is 3. The highest BCUT2D eigenvalue weighted by Gasteiger charge is 2.66. The Morgan fingerprint density at radius 1 is 0.804 bits per heavy atom. The molecule has 0 aliphatic carbocycles. The largest absolute Gasteiger partial charge is 0.481 e. The van der Waals surface area contributed by atoms with Crippen molar-refractivity contribution in [2.45, 2.75) is 88.9 Å². The second-order valence-electron chi connectivity index (χ2n) is 14.4. The van der Waals surface area contributed by atoms with E-state index in [2.05, 4.69) is 58.7 Å². The number of rotatable bonds is 14. The highest BCUT2D eigenvalue weighted by atomic mass is 19.4. The van der Waals surface area contributed by atoms with E-state index in [4.69, 9.17) is 4.74 Å². The zero-order valence-corrected chi connectivity index (χ0v) is 29.8. The van der Waals surface area contributed by atoms with Crippen molar-refractivity contribution in [3.63, 3.8) is 0 Å². The van der Waals surface area contributed by atoms with Crippen molar-refractivity contribution in [2.24, 2.45) is 10.8 Å². The molecule has 0 bridgehead atoms. The minimum atomic E-state index is -4.79. The first-order valence-electron chi connectivity index (χ1n) is 18.1. The molecule has 7 nitrogen and oxygen atoms in total. The first-order chi connectivity index (χ1) is 24.3. The first-order valence-corrected chi connectivity index (χ1v) is 18.1. The van der Waals surface area contributed by atoms with Gasteiger partial charge in [-0.3, -0.25) is 9.59 Å². The number of carboxylic acids is 2. The SMILES string of the molecule is CCC1(C(=O)O)C(c2ccccc2C(F)(F)F)C(CCCOCCCN2CCC(c3ccccc3)(c3ccccc3)CC2)(C(=O)O)C(C)N[C@@H]1C. The first kappa shape index (κ1) is 38.5. The predicted molar refractivity (Wildman–Crippen MR) is 191 cm³/mol. The summed E-state index contributed by atoms with van der Waals surface area (Å²) in [6.07, 6.45) is -1.88. The Hall–Kier alpha value is -3.73. The van der Waals surface area contributed by atoms with E-state index < -0.39 is 52.5 Å². The number of alkyl halides is 3. The molecule has 0 saturated carbocycles. The quantitative estimate of drug-likeness (QED) is 0.146. The Labute approximate surface area is 299 Å². The number of ether oxygens (including phenoxy) is 1. The van der Waals surface area contributed by atoms with Gasteiger partial charge in [0.2, 0.25) is 0 Å². The van der Waals surface area contributed by atoms with Gasteiger partial charge < -0.3 is 25.2 Å². The zero-order valence-electron chi connectivity index (χ0n) is 29.8. The Morgan fingerprint density at radius 2 is 1.31 bits per heavy atom. The molecule has 0 amide bonds. The second-order valence-corrected chi connectivity index (χ2v) is 14.4. The van der Waals surface area contributed by atoms with Crippen LogP contribution in [0, 0.1) is 10.8 Å². The van der Waals surface area contributed by atoms with Crippen LogP contribution in [0.5, 0.6) is 0 Å². The number of carbonyl (C=O) groups is 2. The van der Waals surface area contributed by atoms with Crippen LogP contribution in [0.3, 0.4) is 0 Å². The summed E-state index contributed by atoms with van der Waals surface area (Å²) in [4.78, 5) is 28.9. The Bertz CT molecular complexity index is 1570. The summed E-state index contributed by atoms with van der Waals surface area (Å²) in [5.41, 5.74) is -2.31. The Morgan fingerprint density at radius 3 is 1.84 bits per heavy atom. The minimum absolute atomic E-state index is 0.0347. The average Bonchev–Trinajstić information content (AvgIpc) is 3.12. The van der Waals surface area contributed by atoms with Crippen molar-refractivity contribution in [3.05, 3.63) is 107 Å². The molecule has 2 heterocycles. The number of nitrogens with zero attached hydrogens (tertiary/aromatic N) is 1. The van der Waals surface area contributed by atoms with E-state index in [1.54, 1.807) is 20.8 Å². The van der Waals surface area contributed by atoms with Gasteiger partial charge in [0.15, 0.2) is 0 Å². The van der Waals surface area contributed by atoms with Crippen molar-refractivity contribution < 1.29 is 37.7 Å². The lowest BCUT2D eigenvalue weighted by Crippen LogP contribution is -2.69. The lowest BCUT2D eigenvalue weighted by molar-refractivity contribution is -0.175. The van der Waals surface area contributed by atoms with E-state index in [1.807, 2.05) is 12.1 Å². The van der Waals surface area contributed by atoms with Crippen LogP contribution in [0.4, 0.5) is 13.2 Å². The molecular weight excluding hydrogens is 657 g/mol. The van der Waals surface area contributed by atoms with Crippen molar-refractivity contribution in [2.75, 3.05) is 32.8 Å². The predicted octanol–water partition coefficient (Wildman–Crippen LogP) is 7.99. The molecule has 51 heavy (non-hydrogen) atoms. The summed E-state index contributed by atoms with van der Waals surface area (Å²) in [5.74, 6) is -4.09. The topological polar surface area (TPSA) is 99.1 Å². The molecule has 2 saturated heterocycles.